The Morgan fingerprint density at radius 3 is 1.77 bits per heavy atom. The molecular formula is C27H31ClO2Si. The summed E-state index contributed by atoms with van der Waals surface area (Å²) in [5.41, 5.74) is 1.15. The smallest absolute Gasteiger partial charge is 0.261 e. The van der Waals surface area contributed by atoms with Crippen molar-refractivity contribution in [2.24, 2.45) is 0 Å². The second-order valence-corrected chi connectivity index (χ2v) is 13.4. The van der Waals surface area contributed by atoms with Gasteiger partial charge in [-0.25, -0.2) is 0 Å². The highest BCUT2D eigenvalue weighted by Gasteiger charge is 2.50. The quantitative estimate of drug-likeness (QED) is 0.298. The van der Waals surface area contributed by atoms with Gasteiger partial charge in [-0.2, -0.15) is 0 Å². The SMILES string of the molecule is CC(C)(C)[Si](OC/C(Cl)=C/COCc1ccccc1)(c1ccccc1)c1ccccc1. The third-order valence-corrected chi connectivity index (χ3v) is 10.6. The Morgan fingerprint density at radius 2 is 1.29 bits per heavy atom. The van der Waals surface area contributed by atoms with Crippen LogP contribution in [-0.4, -0.2) is 21.5 Å². The summed E-state index contributed by atoms with van der Waals surface area (Å²) >= 11 is 6.57. The van der Waals surface area contributed by atoms with E-state index in [0.29, 0.717) is 24.9 Å². The second kappa shape index (κ2) is 10.9. The number of rotatable bonds is 9. The van der Waals surface area contributed by atoms with Crippen molar-refractivity contribution in [2.45, 2.75) is 32.4 Å². The molecule has 0 fully saturated rings. The van der Waals surface area contributed by atoms with Gasteiger partial charge in [0.1, 0.15) is 0 Å². The van der Waals surface area contributed by atoms with Crippen LogP contribution in [-0.2, 0) is 15.8 Å². The monoisotopic (exact) mass is 450 g/mol. The van der Waals surface area contributed by atoms with Crippen molar-refractivity contribution in [3.05, 3.63) is 108 Å². The van der Waals surface area contributed by atoms with Crippen LogP contribution in [0, 0.1) is 0 Å². The van der Waals surface area contributed by atoms with Gasteiger partial charge in [-0.05, 0) is 27.1 Å². The molecule has 2 nitrogen and oxygen atoms in total. The minimum Gasteiger partial charge on any atom is -0.402 e. The van der Waals surface area contributed by atoms with Crippen LogP contribution in [0.2, 0.25) is 5.04 Å². The number of benzene rings is 3. The largest absolute Gasteiger partial charge is 0.402 e. The molecule has 3 aromatic rings. The van der Waals surface area contributed by atoms with E-state index in [9.17, 15) is 0 Å². The Labute approximate surface area is 192 Å². The summed E-state index contributed by atoms with van der Waals surface area (Å²) in [6, 6.07) is 31.3. The fraction of sp³-hybridized carbons (Fsp3) is 0.259. The molecule has 0 spiro atoms. The molecule has 3 aromatic carbocycles. The van der Waals surface area contributed by atoms with Gasteiger partial charge in [-0.1, -0.05) is 123 Å². The maximum absolute atomic E-state index is 6.83. The van der Waals surface area contributed by atoms with Crippen molar-refractivity contribution in [3.8, 4) is 0 Å². The van der Waals surface area contributed by atoms with Crippen molar-refractivity contribution in [1.82, 2.24) is 0 Å². The molecule has 0 unspecified atom stereocenters. The molecule has 0 heterocycles. The highest BCUT2D eigenvalue weighted by molar-refractivity contribution is 6.99. The predicted octanol–water partition coefficient (Wildman–Crippen LogP) is 5.90. The molecule has 0 saturated carbocycles. The summed E-state index contributed by atoms with van der Waals surface area (Å²) in [6.45, 7) is 8.18. The summed E-state index contributed by atoms with van der Waals surface area (Å²) in [4.78, 5) is 0. The van der Waals surface area contributed by atoms with Crippen LogP contribution < -0.4 is 10.4 Å². The van der Waals surface area contributed by atoms with E-state index >= 15 is 0 Å². The standard InChI is InChI=1S/C27H31ClO2Si/c1-27(2,3)31(25-15-9-5-10-16-25,26-17-11-6-12-18-26)30-22-24(28)19-20-29-21-23-13-7-4-8-14-23/h4-19H,20-22H2,1-3H3/b24-19-. The Hall–Kier alpha value is -2.17. The Bertz CT molecular complexity index is 911. The third kappa shape index (κ3) is 5.96. The van der Waals surface area contributed by atoms with Gasteiger partial charge in [0, 0.05) is 5.03 Å². The lowest BCUT2D eigenvalue weighted by Crippen LogP contribution is -2.66. The number of halogens is 1. The molecule has 0 aromatic heterocycles. The lowest BCUT2D eigenvalue weighted by Gasteiger charge is -2.43. The first-order valence-corrected chi connectivity index (χ1v) is 12.9. The van der Waals surface area contributed by atoms with Crippen LogP contribution in [0.15, 0.2) is 102 Å². The molecule has 0 N–H and O–H groups in total. The van der Waals surface area contributed by atoms with Crippen molar-refractivity contribution in [1.29, 1.82) is 0 Å². The van der Waals surface area contributed by atoms with Gasteiger partial charge in [0.2, 0.25) is 0 Å². The summed E-state index contributed by atoms with van der Waals surface area (Å²) in [5.74, 6) is 0. The summed E-state index contributed by atoms with van der Waals surface area (Å²) in [6.07, 6.45) is 1.91. The lowest BCUT2D eigenvalue weighted by molar-refractivity contribution is 0.148. The number of hydrogen-bond donors (Lipinski definition) is 0. The summed E-state index contributed by atoms with van der Waals surface area (Å²) in [7, 11) is -2.58. The minimum absolute atomic E-state index is 0.0727. The molecule has 0 bridgehead atoms. The average Bonchev–Trinajstić information content (AvgIpc) is 2.78. The molecule has 0 aliphatic heterocycles. The molecule has 3 rings (SSSR count). The van der Waals surface area contributed by atoms with Gasteiger partial charge in [0.05, 0.1) is 19.8 Å². The molecular weight excluding hydrogens is 420 g/mol. The first kappa shape index (κ1) is 23.5. The Kier molecular flexibility index (Phi) is 8.27. The lowest BCUT2D eigenvalue weighted by atomic mass is 10.2. The van der Waals surface area contributed by atoms with Crippen molar-refractivity contribution < 1.29 is 9.16 Å². The third-order valence-electron chi connectivity index (χ3n) is 5.38. The fourth-order valence-corrected chi connectivity index (χ4v) is 8.63. The highest BCUT2D eigenvalue weighted by atomic mass is 35.5. The zero-order chi connectivity index (χ0) is 22.2. The summed E-state index contributed by atoms with van der Waals surface area (Å²) < 4.78 is 12.6. The molecule has 31 heavy (non-hydrogen) atoms. The summed E-state index contributed by atoms with van der Waals surface area (Å²) in [5, 5.41) is 3.09. The van der Waals surface area contributed by atoms with Gasteiger partial charge >= 0.3 is 0 Å². The maximum Gasteiger partial charge on any atom is 0.261 e. The van der Waals surface area contributed by atoms with Crippen molar-refractivity contribution in [2.75, 3.05) is 13.2 Å². The van der Waals surface area contributed by atoms with Crippen molar-refractivity contribution >= 4 is 30.3 Å². The van der Waals surface area contributed by atoms with E-state index in [1.54, 1.807) is 0 Å². The molecule has 0 atom stereocenters. The Morgan fingerprint density at radius 1 is 0.806 bits per heavy atom. The van der Waals surface area contributed by atoms with Crippen LogP contribution >= 0.6 is 11.6 Å². The second-order valence-electron chi connectivity index (χ2n) is 8.60. The van der Waals surface area contributed by atoms with E-state index in [0.717, 1.165) is 5.56 Å². The zero-order valence-corrected chi connectivity index (χ0v) is 20.3. The van der Waals surface area contributed by atoms with E-state index in [2.05, 4.69) is 81.4 Å². The fourth-order valence-electron chi connectivity index (χ4n) is 3.90. The Balaban J connectivity index is 1.77. The van der Waals surface area contributed by atoms with Crippen LogP contribution in [0.5, 0.6) is 0 Å². The molecule has 162 valence electrons. The predicted molar refractivity (Wildman–Crippen MR) is 134 cm³/mol. The molecule has 4 heteroatoms. The average molecular weight is 451 g/mol. The topological polar surface area (TPSA) is 18.5 Å². The van der Waals surface area contributed by atoms with Gasteiger partial charge in [-0.3, -0.25) is 0 Å². The molecule has 0 saturated heterocycles. The van der Waals surface area contributed by atoms with E-state index in [1.807, 2.05) is 36.4 Å². The first-order valence-electron chi connectivity index (χ1n) is 10.6. The van der Waals surface area contributed by atoms with Gasteiger partial charge in [-0.15, -0.1) is 0 Å². The van der Waals surface area contributed by atoms with E-state index < -0.39 is 8.32 Å². The van der Waals surface area contributed by atoms with E-state index in [-0.39, 0.29) is 5.04 Å². The van der Waals surface area contributed by atoms with Gasteiger partial charge in [0.25, 0.3) is 8.32 Å². The normalized spacial score (nSPS) is 12.7. The number of hydrogen-bond acceptors (Lipinski definition) is 2. The van der Waals surface area contributed by atoms with Crippen LogP contribution in [0.3, 0.4) is 0 Å². The molecule has 0 radical (unpaired) electrons. The first-order chi connectivity index (χ1) is 14.9. The van der Waals surface area contributed by atoms with E-state index in [4.69, 9.17) is 20.8 Å². The van der Waals surface area contributed by atoms with E-state index in [1.165, 1.54) is 10.4 Å². The van der Waals surface area contributed by atoms with Gasteiger partial charge < -0.3 is 9.16 Å². The molecule has 0 amide bonds. The number of ether oxygens (including phenoxy) is 1. The molecule has 0 aliphatic rings. The molecule has 0 aliphatic carbocycles. The van der Waals surface area contributed by atoms with Crippen LogP contribution in [0.25, 0.3) is 0 Å². The zero-order valence-electron chi connectivity index (χ0n) is 18.6. The van der Waals surface area contributed by atoms with Crippen molar-refractivity contribution in [3.63, 3.8) is 0 Å². The maximum atomic E-state index is 6.83. The highest BCUT2D eigenvalue weighted by Crippen LogP contribution is 2.37. The van der Waals surface area contributed by atoms with Gasteiger partial charge in [0.15, 0.2) is 0 Å². The minimum atomic E-state index is -2.58. The van der Waals surface area contributed by atoms with Crippen LogP contribution in [0.4, 0.5) is 0 Å². The van der Waals surface area contributed by atoms with Crippen LogP contribution in [0.1, 0.15) is 26.3 Å².